The maximum Gasteiger partial charge on any atom is 0.173 e. The lowest BCUT2D eigenvalue weighted by Crippen LogP contribution is -2.39. The van der Waals surface area contributed by atoms with Crippen molar-refractivity contribution < 1.29 is 9.47 Å². The summed E-state index contributed by atoms with van der Waals surface area (Å²) in [6.45, 7) is 7.35. The molecule has 5 heteroatoms. The zero-order valence-corrected chi connectivity index (χ0v) is 16.1. The second-order valence-electron chi connectivity index (χ2n) is 6.99. The summed E-state index contributed by atoms with van der Waals surface area (Å²) in [5.74, 6) is 1.74. The Labute approximate surface area is 160 Å². The second-order valence-corrected chi connectivity index (χ2v) is 7.37. The van der Waals surface area contributed by atoms with Gasteiger partial charge in [0, 0.05) is 25.2 Å². The Kier molecular flexibility index (Phi) is 4.72. The average Bonchev–Trinajstić information content (AvgIpc) is 2.87. The number of aryl methyl sites for hydroxylation is 2. The predicted molar refractivity (Wildman–Crippen MR) is 108 cm³/mol. The fraction of sp³-hybridized carbons (Fsp3) is 0.381. The van der Waals surface area contributed by atoms with Gasteiger partial charge in [0.2, 0.25) is 0 Å². The number of nitrogens with zero attached hydrogens (tertiary/aromatic N) is 1. The maximum absolute atomic E-state index is 5.85. The molecule has 0 saturated heterocycles. The van der Waals surface area contributed by atoms with Gasteiger partial charge in [0.1, 0.15) is 0 Å². The Balaban J connectivity index is 1.53. The monoisotopic (exact) mass is 368 g/mol. The standard InChI is InChI=1S/C21H24N2O2S/c1-14-5-3-6-15(2)20(14)22-21(26)23-8-7-16-11-18-19(12-17(16)13-23)25-10-4-9-24-18/h3,5-6,11-12H,4,7-10,13H2,1-2H3,(H,22,26). The van der Waals surface area contributed by atoms with Crippen molar-refractivity contribution in [1.82, 2.24) is 4.90 Å². The molecule has 0 fully saturated rings. The minimum absolute atomic E-state index is 0.710. The van der Waals surface area contributed by atoms with Crippen molar-refractivity contribution in [3.8, 4) is 11.5 Å². The summed E-state index contributed by atoms with van der Waals surface area (Å²) in [7, 11) is 0. The number of hydrogen-bond acceptors (Lipinski definition) is 3. The molecule has 0 saturated carbocycles. The number of anilines is 1. The zero-order valence-electron chi connectivity index (χ0n) is 15.3. The number of ether oxygens (including phenoxy) is 2. The normalized spacial score (nSPS) is 15.8. The quantitative estimate of drug-likeness (QED) is 0.762. The molecule has 0 unspecified atom stereocenters. The van der Waals surface area contributed by atoms with E-state index in [2.05, 4.69) is 54.4 Å². The third kappa shape index (κ3) is 3.36. The fourth-order valence-corrected chi connectivity index (χ4v) is 3.84. The molecular weight excluding hydrogens is 344 g/mol. The summed E-state index contributed by atoms with van der Waals surface area (Å²) in [5, 5.41) is 4.23. The molecule has 0 bridgehead atoms. The molecule has 2 aliphatic rings. The fourth-order valence-electron chi connectivity index (χ4n) is 3.58. The third-order valence-electron chi connectivity index (χ3n) is 5.08. The smallest absolute Gasteiger partial charge is 0.173 e. The molecule has 26 heavy (non-hydrogen) atoms. The topological polar surface area (TPSA) is 33.7 Å². The lowest BCUT2D eigenvalue weighted by Gasteiger charge is -2.32. The third-order valence-corrected chi connectivity index (χ3v) is 5.44. The van der Waals surface area contributed by atoms with Gasteiger partial charge in [0.15, 0.2) is 16.6 Å². The second kappa shape index (κ2) is 7.16. The van der Waals surface area contributed by atoms with E-state index in [0.717, 1.165) is 54.8 Å². The summed E-state index contributed by atoms with van der Waals surface area (Å²) in [6.07, 6.45) is 1.88. The average molecular weight is 369 g/mol. The minimum atomic E-state index is 0.710. The van der Waals surface area contributed by atoms with Crippen LogP contribution in [0.1, 0.15) is 28.7 Å². The summed E-state index contributed by atoms with van der Waals surface area (Å²) in [6, 6.07) is 10.6. The van der Waals surface area contributed by atoms with Crippen LogP contribution in [0.5, 0.6) is 11.5 Å². The Hall–Kier alpha value is -2.27. The van der Waals surface area contributed by atoms with Crippen LogP contribution in [0.3, 0.4) is 0 Å². The van der Waals surface area contributed by atoms with Gasteiger partial charge in [-0.2, -0.15) is 0 Å². The van der Waals surface area contributed by atoms with E-state index in [1.54, 1.807) is 0 Å². The molecule has 2 aromatic rings. The van der Waals surface area contributed by atoms with E-state index < -0.39 is 0 Å². The lowest BCUT2D eigenvalue weighted by atomic mass is 9.99. The van der Waals surface area contributed by atoms with E-state index in [1.165, 1.54) is 22.3 Å². The molecule has 0 atom stereocenters. The van der Waals surface area contributed by atoms with Gasteiger partial charge < -0.3 is 19.7 Å². The van der Waals surface area contributed by atoms with Crippen LogP contribution in [-0.4, -0.2) is 29.8 Å². The van der Waals surface area contributed by atoms with Gasteiger partial charge in [-0.25, -0.2) is 0 Å². The van der Waals surface area contributed by atoms with E-state index in [0.29, 0.717) is 6.61 Å². The SMILES string of the molecule is Cc1cccc(C)c1NC(=S)N1CCc2cc3c(cc2C1)OCCCO3. The van der Waals surface area contributed by atoms with E-state index >= 15 is 0 Å². The van der Waals surface area contributed by atoms with Gasteiger partial charge in [-0.15, -0.1) is 0 Å². The minimum Gasteiger partial charge on any atom is -0.490 e. The first kappa shape index (κ1) is 17.2. The van der Waals surface area contributed by atoms with Crippen molar-refractivity contribution in [3.05, 3.63) is 52.6 Å². The first-order valence-corrected chi connectivity index (χ1v) is 9.56. The van der Waals surface area contributed by atoms with Crippen LogP contribution in [0.15, 0.2) is 30.3 Å². The number of rotatable bonds is 1. The number of hydrogen-bond donors (Lipinski definition) is 1. The number of para-hydroxylation sites is 1. The van der Waals surface area contributed by atoms with E-state index in [1.807, 2.05) is 0 Å². The Morgan fingerprint density at radius 2 is 1.69 bits per heavy atom. The highest BCUT2D eigenvalue weighted by molar-refractivity contribution is 7.80. The lowest BCUT2D eigenvalue weighted by molar-refractivity contribution is 0.297. The van der Waals surface area contributed by atoms with Crippen LogP contribution in [-0.2, 0) is 13.0 Å². The largest absolute Gasteiger partial charge is 0.490 e. The first-order chi connectivity index (χ1) is 12.6. The molecule has 0 radical (unpaired) electrons. The Morgan fingerprint density at radius 1 is 1.04 bits per heavy atom. The molecule has 1 N–H and O–H groups in total. The zero-order chi connectivity index (χ0) is 18.1. The Bertz CT molecular complexity index is 830. The van der Waals surface area contributed by atoms with Gasteiger partial charge >= 0.3 is 0 Å². The highest BCUT2D eigenvalue weighted by Crippen LogP contribution is 2.35. The van der Waals surface area contributed by atoms with Gasteiger partial charge in [0.05, 0.1) is 13.2 Å². The van der Waals surface area contributed by atoms with Gasteiger partial charge in [0.25, 0.3) is 0 Å². The van der Waals surface area contributed by atoms with Crippen LogP contribution < -0.4 is 14.8 Å². The molecule has 0 spiro atoms. The molecule has 2 aliphatic heterocycles. The van der Waals surface area contributed by atoms with Crippen molar-refractivity contribution in [1.29, 1.82) is 0 Å². The summed E-state index contributed by atoms with van der Waals surface area (Å²) >= 11 is 5.71. The van der Waals surface area contributed by atoms with Crippen molar-refractivity contribution in [2.45, 2.75) is 33.2 Å². The summed E-state index contributed by atoms with van der Waals surface area (Å²) < 4.78 is 11.7. The van der Waals surface area contributed by atoms with Crippen LogP contribution in [0, 0.1) is 13.8 Å². The van der Waals surface area contributed by atoms with E-state index in [9.17, 15) is 0 Å². The predicted octanol–water partition coefficient (Wildman–Crippen LogP) is 4.22. The summed E-state index contributed by atoms with van der Waals surface area (Å²) in [5.41, 5.74) is 6.13. The van der Waals surface area contributed by atoms with Crippen molar-refractivity contribution >= 4 is 23.0 Å². The van der Waals surface area contributed by atoms with Crippen molar-refractivity contribution in [2.75, 3.05) is 25.1 Å². The first-order valence-electron chi connectivity index (χ1n) is 9.15. The van der Waals surface area contributed by atoms with Crippen molar-refractivity contribution in [2.24, 2.45) is 0 Å². The van der Waals surface area contributed by atoms with Crippen LogP contribution in [0.25, 0.3) is 0 Å². The summed E-state index contributed by atoms with van der Waals surface area (Å²) in [4.78, 5) is 2.23. The van der Waals surface area contributed by atoms with E-state index in [-0.39, 0.29) is 0 Å². The highest BCUT2D eigenvalue weighted by Gasteiger charge is 2.22. The molecule has 4 nitrogen and oxygen atoms in total. The van der Waals surface area contributed by atoms with Crippen LogP contribution >= 0.6 is 12.2 Å². The number of thiocarbonyl (C=S) groups is 1. The molecule has 0 aromatic heterocycles. The molecule has 0 amide bonds. The van der Waals surface area contributed by atoms with Crippen LogP contribution in [0.4, 0.5) is 5.69 Å². The maximum atomic E-state index is 5.85. The van der Waals surface area contributed by atoms with Crippen LogP contribution in [0.2, 0.25) is 0 Å². The Morgan fingerprint density at radius 3 is 2.38 bits per heavy atom. The molecule has 2 heterocycles. The number of nitrogens with one attached hydrogen (secondary N) is 1. The number of benzene rings is 2. The van der Waals surface area contributed by atoms with E-state index in [4.69, 9.17) is 21.7 Å². The van der Waals surface area contributed by atoms with Crippen molar-refractivity contribution in [3.63, 3.8) is 0 Å². The number of fused-ring (bicyclic) bond motifs is 2. The molecule has 0 aliphatic carbocycles. The van der Waals surface area contributed by atoms with Gasteiger partial charge in [-0.3, -0.25) is 0 Å². The van der Waals surface area contributed by atoms with Gasteiger partial charge in [-0.05, 0) is 66.9 Å². The molecule has 2 aromatic carbocycles. The highest BCUT2D eigenvalue weighted by atomic mass is 32.1. The molecule has 4 rings (SSSR count). The molecular formula is C21H24N2O2S. The molecule has 136 valence electrons. The van der Waals surface area contributed by atoms with Gasteiger partial charge in [-0.1, -0.05) is 18.2 Å².